The Morgan fingerprint density at radius 3 is 2.44 bits per heavy atom. The first-order valence-corrected chi connectivity index (χ1v) is 10.7. The van der Waals surface area contributed by atoms with Crippen molar-refractivity contribution in [1.82, 2.24) is 20.0 Å². The van der Waals surface area contributed by atoms with Crippen LogP contribution in [0.2, 0.25) is 0 Å². The predicted octanol–water partition coefficient (Wildman–Crippen LogP) is 4.99. The lowest BCUT2D eigenvalue weighted by molar-refractivity contribution is -0.137. The van der Waals surface area contributed by atoms with Crippen molar-refractivity contribution in [1.29, 1.82) is 0 Å². The molecule has 0 aliphatic carbocycles. The second-order valence-electron chi connectivity index (χ2n) is 8.31. The molecule has 2 aromatic heterocycles. The molecule has 32 heavy (non-hydrogen) atoms. The topological polar surface area (TPSA) is 58.3 Å². The van der Waals surface area contributed by atoms with Gasteiger partial charge in [0.05, 0.1) is 12.1 Å². The quantitative estimate of drug-likeness (QED) is 0.552. The lowest BCUT2D eigenvalue weighted by Gasteiger charge is -2.22. The summed E-state index contributed by atoms with van der Waals surface area (Å²) in [5.41, 5.74) is 1.44. The summed E-state index contributed by atoms with van der Waals surface area (Å²) >= 11 is 0. The van der Waals surface area contributed by atoms with Crippen LogP contribution < -0.4 is 4.90 Å². The molecule has 9 heteroatoms. The van der Waals surface area contributed by atoms with Crippen LogP contribution >= 0.6 is 0 Å². The van der Waals surface area contributed by atoms with E-state index in [-0.39, 0.29) is 0 Å². The molecule has 170 valence electrons. The van der Waals surface area contributed by atoms with Crippen molar-refractivity contribution in [3.63, 3.8) is 0 Å². The Morgan fingerprint density at radius 1 is 1.00 bits per heavy atom. The van der Waals surface area contributed by atoms with Gasteiger partial charge < -0.3 is 9.42 Å². The van der Waals surface area contributed by atoms with Gasteiger partial charge in [0.1, 0.15) is 5.82 Å². The maximum atomic E-state index is 12.8. The molecular formula is C23H26F3N5O. The average Bonchev–Trinajstić information content (AvgIpc) is 3.11. The monoisotopic (exact) mass is 445 g/mol. The highest BCUT2D eigenvalue weighted by molar-refractivity contribution is 5.54. The van der Waals surface area contributed by atoms with Gasteiger partial charge in [-0.1, -0.05) is 43.3 Å². The number of hydrogen-bond acceptors (Lipinski definition) is 6. The maximum Gasteiger partial charge on any atom is 0.417 e. The molecule has 1 aliphatic rings. The number of pyridine rings is 1. The molecule has 0 bridgehead atoms. The Kier molecular flexibility index (Phi) is 6.45. The fourth-order valence-electron chi connectivity index (χ4n) is 3.74. The van der Waals surface area contributed by atoms with Crippen molar-refractivity contribution >= 4 is 5.82 Å². The highest BCUT2D eigenvalue weighted by Gasteiger charge is 2.31. The summed E-state index contributed by atoms with van der Waals surface area (Å²) in [6, 6.07) is 10.7. The summed E-state index contributed by atoms with van der Waals surface area (Å²) < 4.78 is 43.8. The molecule has 0 saturated carbocycles. The fraction of sp³-hybridized carbons (Fsp3) is 0.435. The summed E-state index contributed by atoms with van der Waals surface area (Å²) in [5, 5.41) is 4.12. The van der Waals surface area contributed by atoms with Gasteiger partial charge in [0.2, 0.25) is 11.7 Å². The maximum absolute atomic E-state index is 12.8. The van der Waals surface area contributed by atoms with Gasteiger partial charge in [0.25, 0.3) is 0 Å². The standard InChI is InChI=1S/C23H26F3N5O/c1-16(2)17-4-6-18(7-5-17)22-28-21(32-29-22)15-30-10-3-11-31(13-12-30)20-9-8-19(14-27-20)23(24,25)26/h4-9,14,16H,3,10-13,15H2,1-2H3. The number of halogens is 3. The first-order chi connectivity index (χ1) is 15.3. The van der Waals surface area contributed by atoms with E-state index in [9.17, 15) is 13.2 Å². The van der Waals surface area contributed by atoms with Crippen LogP contribution in [-0.2, 0) is 12.7 Å². The van der Waals surface area contributed by atoms with E-state index in [2.05, 4.69) is 46.0 Å². The van der Waals surface area contributed by atoms with Crippen LogP contribution in [0.15, 0.2) is 47.1 Å². The zero-order valence-corrected chi connectivity index (χ0v) is 18.1. The van der Waals surface area contributed by atoms with Gasteiger partial charge in [-0.25, -0.2) is 4.98 Å². The van der Waals surface area contributed by atoms with Crippen LogP contribution in [0.4, 0.5) is 19.0 Å². The predicted molar refractivity (Wildman–Crippen MR) is 115 cm³/mol. The van der Waals surface area contributed by atoms with E-state index in [4.69, 9.17) is 4.52 Å². The third kappa shape index (κ3) is 5.27. The summed E-state index contributed by atoms with van der Waals surface area (Å²) in [7, 11) is 0. The Morgan fingerprint density at radius 2 is 1.78 bits per heavy atom. The summed E-state index contributed by atoms with van der Waals surface area (Å²) in [5.74, 6) is 2.14. The highest BCUT2D eigenvalue weighted by atomic mass is 19.4. The van der Waals surface area contributed by atoms with E-state index in [0.717, 1.165) is 43.9 Å². The van der Waals surface area contributed by atoms with E-state index >= 15 is 0 Å². The smallest absolute Gasteiger partial charge is 0.355 e. The van der Waals surface area contributed by atoms with E-state index in [1.54, 1.807) is 0 Å². The Hall–Kier alpha value is -2.94. The van der Waals surface area contributed by atoms with Gasteiger partial charge in [0, 0.05) is 37.9 Å². The molecule has 6 nitrogen and oxygen atoms in total. The first kappa shape index (κ1) is 22.3. The molecule has 1 saturated heterocycles. The Bertz CT molecular complexity index is 1020. The summed E-state index contributed by atoms with van der Waals surface area (Å²) in [6.07, 6.45) is -2.62. The molecule has 0 atom stereocenters. The molecule has 1 aliphatic heterocycles. The van der Waals surface area contributed by atoms with Crippen molar-refractivity contribution in [3.05, 3.63) is 59.6 Å². The van der Waals surface area contributed by atoms with Crippen molar-refractivity contribution in [2.45, 2.75) is 38.9 Å². The molecule has 3 aromatic rings. The molecule has 1 fully saturated rings. The summed E-state index contributed by atoms with van der Waals surface area (Å²) in [4.78, 5) is 12.8. The van der Waals surface area contributed by atoms with Crippen LogP contribution in [0.1, 0.15) is 43.2 Å². The molecule has 0 spiro atoms. The van der Waals surface area contributed by atoms with E-state index in [1.165, 1.54) is 11.6 Å². The van der Waals surface area contributed by atoms with Crippen molar-refractivity contribution in [2.75, 3.05) is 31.1 Å². The average molecular weight is 445 g/mol. The minimum atomic E-state index is -4.37. The second kappa shape index (κ2) is 9.28. The Balaban J connectivity index is 1.35. The lowest BCUT2D eigenvalue weighted by atomic mass is 10.0. The van der Waals surface area contributed by atoms with Crippen LogP contribution in [-0.4, -0.2) is 46.2 Å². The van der Waals surface area contributed by atoms with Gasteiger partial charge in [-0.15, -0.1) is 0 Å². The molecule has 4 rings (SSSR count). The fourth-order valence-corrected chi connectivity index (χ4v) is 3.74. The van der Waals surface area contributed by atoms with Crippen LogP contribution in [0.25, 0.3) is 11.4 Å². The Labute approximate surface area is 185 Å². The molecule has 0 unspecified atom stereocenters. The first-order valence-electron chi connectivity index (χ1n) is 10.7. The normalized spacial score (nSPS) is 15.9. The zero-order chi connectivity index (χ0) is 22.7. The third-order valence-corrected chi connectivity index (χ3v) is 5.65. The number of anilines is 1. The number of rotatable bonds is 5. The van der Waals surface area contributed by atoms with E-state index in [0.29, 0.717) is 36.5 Å². The van der Waals surface area contributed by atoms with Gasteiger partial charge in [-0.2, -0.15) is 18.2 Å². The van der Waals surface area contributed by atoms with Gasteiger partial charge >= 0.3 is 6.18 Å². The van der Waals surface area contributed by atoms with Crippen molar-refractivity contribution < 1.29 is 17.7 Å². The molecule has 3 heterocycles. The highest BCUT2D eigenvalue weighted by Crippen LogP contribution is 2.29. The van der Waals surface area contributed by atoms with E-state index < -0.39 is 11.7 Å². The molecule has 0 amide bonds. The van der Waals surface area contributed by atoms with E-state index in [1.807, 2.05) is 17.0 Å². The minimum absolute atomic E-state index is 0.463. The van der Waals surface area contributed by atoms with Gasteiger partial charge in [-0.05, 0) is 30.0 Å². The molecule has 0 radical (unpaired) electrons. The number of hydrogen-bond donors (Lipinski definition) is 0. The minimum Gasteiger partial charge on any atom is -0.355 e. The number of nitrogens with zero attached hydrogens (tertiary/aromatic N) is 5. The van der Waals surface area contributed by atoms with Crippen molar-refractivity contribution in [3.8, 4) is 11.4 Å². The SMILES string of the molecule is CC(C)c1ccc(-c2noc(CN3CCCN(c4ccc(C(F)(F)F)cn4)CC3)n2)cc1. The lowest BCUT2D eigenvalue weighted by Crippen LogP contribution is -2.31. The largest absolute Gasteiger partial charge is 0.417 e. The summed E-state index contributed by atoms with van der Waals surface area (Å²) in [6.45, 7) is 7.78. The van der Waals surface area contributed by atoms with Crippen LogP contribution in [0, 0.1) is 0 Å². The third-order valence-electron chi connectivity index (χ3n) is 5.65. The number of benzene rings is 1. The molecule has 1 aromatic carbocycles. The molecule has 0 N–H and O–H groups in total. The van der Waals surface area contributed by atoms with Crippen LogP contribution in [0.3, 0.4) is 0 Å². The zero-order valence-electron chi connectivity index (χ0n) is 18.1. The molecular weight excluding hydrogens is 419 g/mol. The van der Waals surface area contributed by atoms with Crippen molar-refractivity contribution in [2.24, 2.45) is 0 Å². The second-order valence-corrected chi connectivity index (χ2v) is 8.31. The van der Waals surface area contributed by atoms with Crippen LogP contribution in [0.5, 0.6) is 0 Å². The number of aromatic nitrogens is 3. The van der Waals surface area contributed by atoms with Gasteiger partial charge in [-0.3, -0.25) is 4.90 Å². The number of alkyl halides is 3. The van der Waals surface area contributed by atoms with Gasteiger partial charge in [0.15, 0.2) is 0 Å².